The average molecular weight is 326 g/mol. The Morgan fingerprint density at radius 2 is 1.10 bits per heavy atom. The van der Waals surface area contributed by atoms with Gasteiger partial charge in [-0.1, -0.05) is 6.07 Å². The molecule has 0 aliphatic heterocycles. The first-order valence-corrected chi connectivity index (χ1v) is 4.92. The molecule has 0 aliphatic carbocycles. The van der Waals surface area contributed by atoms with E-state index in [-0.39, 0.29) is 12.1 Å². The first-order chi connectivity index (χ1) is 9.17. The molecular formula is C9H4BF9O2. The molecule has 0 bridgehead atoms. The molecule has 21 heavy (non-hydrogen) atoms. The fourth-order valence-corrected chi connectivity index (χ4v) is 1.67. The summed E-state index contributed by atoms with van der Waals surface area (Å²) in [4.78, 5) is 0. The van der Waals surface area contributed by atoms with E-state index in [1.54, 1.807) is 0 Å². The van der Waals surface area contributed by atoms with Gasteiger partial charge in [0.05, 0.1) is 16.7 Å². The molecule has 0 saturated heterocycles. The molecule has 0 saturated carbocycles. The van der Waals surface area contributed by atoms with Gasteiger partial charge in [0.2, 0.25) is 0 Å². The van der Waals surface area contributed by atoms with E-state index in [2.05, 4.69) is 0 Å². The van der Waals surface area contributed by atoms with E-state index in [4.69, 9.17) is 10.0 Å². The molecule has 0 atom stereocenters. The molecule has 118 valence electrons. The molecule has 0 unspecified atom stereocenters. The largest absolute Gasteiger partial charge is 0.489 e. The topological polar surface area (TPSA) is 40.5 Å². The van der Waals surface area contributed by atoms with E-state index in [1.165, 1.54) is 0 Å². The third-order valence-electron chi connectivity index (χ3n) is 2.39. The SMILES string of the molecule is OB(O)c1ccc(C(F)(F)F)c(C(F)(F)F)c1C(F)(F)F. The van der Waals surface area contributed by atoms with Crippen molar-refractivity contribution in [2.75, 3.05) is 0 Å². The molecule has 2 N–H and O–H groups in total. The van der Waals surface area contributed by atoms with Crippen LogP contribution < -0.4 is 5.46 Å². The van der Waals surface area contributed by atoms with Crippen LogP contribution in [0.5, 0.6) is 0 Å². The van der Waals surface area contributed by atoms with Crippen LogP contribution in [-0.2, 0) is 18.5 Å². The van der Waals surface area contributed by atoms with Crippen LogP contribution >= 0.6 is 0 Å². The Hall–Kier alpha value is -1.43. The molecule has 0 heterocycles. The van der Waals surface area contributed by atoms with Gasteiger partial charge in [0.25, 0.3) is 0 Å². The van der Waals surface area contributed by atoms with Gasteiger partial charge in [-0.05, 0) is 11.5 Å². The lowest BCUT2D eigenvalue weighted by molar-refractivity contribution is -0.174. The lowest BCUT2D eigenvalue weighted by Crippen LogP contribution is -2.39. The Balaban J connectivity index is 3.93. The molecule has 1 rings (SSSR count). The molecule has 0 fully saturated rings. The highest BCUT2D eigenvalue weighted by molar-refractivity contribution is 6.59. The third kappa shape index (κ3) is 3.61. The highest BCUT2D eigenvalue weighted by Crippen LogP contribution is 2.45. The minimum atomic E-state index is -6.00. The van der Waals surface area contributed by atoms with Gasteiger partial charge in [-0.15, -0.1) is 0 Å². The minimum Gasteiger partial charge on any atom is -0.423 e. The summed E-state index contributed by atoms with van der Waals surface area (Å²) in [5, 5.41) is 17.3. The number of rotatable bonds is 1. The van der Waals surface area contributed by atoms with Gasteiger partial charge < -0.3 is 10.0 Å². The number of alkyl halides is 9. The van der Waals surface area contributed by atoms with Crippen molar-refractivity contribution in [3.8, 4) is 0 Å². The summed E-state index contributed by atoms with van der Waals surface area (Å²) >= 11 is 0. The molecule has 0 aliphatic rings. The zero-order chi connectivity index (χ0) is 16.8. The van der Waals surface area contributed by atoms with E-state index in [9.17, 15) is 39.5 Å². The van der Waals surface area contributed by atoms with Gasteiger partial charge >= 0.3 is 25.6 Å². The molecule has 1 aromatic carbocycles. The number of hydrogen-bond donors (Lipinski definition) is 2. The van der Waals surface area contributed by atoms with Crippen molar-refractivity contribution in [3.05, 3.63) is 28.8 Å². The van der Waals surface area contributed by atoms with E-state index in [0.717, 1.165) is 0 Å². The van der Waals surface area contributed by atoms with E-state index in [1.807, 2.05) is 0 Å². The summed E-state index contributed by atoms with van der Waals surface area (Å²) in [6, 6.07) is -0.349. The molecule has 0 spiro atoms. The van der Waals surface area contributed by atoms with Gasteiger partial charge in [-0.3, -0.25) is 0 Å². The Morgan fingerprint density at radius 3 is 1.38 bits per heavy atom. The average Bonchev–Trinajstić information content (AvgIpc) is 2.23. The molecule has 0 amide bonds. The van der Waals surface area contributed by atoms with E-state index < -0.39 is 47.8 Å². The molecule has 12 heteroatoms. The van der Waals surface area contributed by atoms with Crippen molar-refractivity contribution in [2.45, 2.75) is 18.5 Å². The van der Waals surface area contributed by atoms with Crippen LogP contribution in [0.15, 0.2) is 12.1 Å². The van der Waals surface area contributed by atoms with Crippen molar-refractivity contribution in [3.63, 3.8) is 0 Å². The van der Waals surface area contributed by atoms with E-state index in [0.29, 0.717) is 0 Å². The van der Waals surface area contributed by atoms with Crippen LogP contribution in [0.4, 0.5) is 39.5 Å². The second kappa shape index (κ2) is 5.09. The lowest BCUT2D eigenvalue weighted by atomic mass is 9.74. The number of benzene rings is 1. The maximum absolute atomic E-state index is 12.7. The number of hydrogen-bond acceptors (Lipinski definition) is 2. The number of halogens is 9. The summed E-state index contributed by atoms with van der Waals surface area (Å²) < 4.78 is 113. The Bertz CT molecular complexity index is 530. The molecular weight excluding hydrogens is 322 g/mol. The van der Waals surface area contributed by atoms with Crippen LogP contribution in [-0.4, -0.2) is 17.2 Å². The summed E-state index contributed by atoms with van der Waals surface area (Å²) in [7, 11) is -3.02. The predicted octanol–water partition coefficient (Wildman–Crippen LogP) is 2.42. The monoisotopic (exact) mass is 326 g/mol. The Kier molecular flexibility index (Phi) is 4.27. The van der Waals surface area contributed by atoms with Crippen LogP contribution in [0.25, 0.3) is 0 Å². The van der Waals surface area contributed by atoms with Gasteiger partial charge in [0.15, 0.2) is 0 Å². The summed E-state index contributed by atoms with van der Waals surface area (Å²) in [6.45, 7) is 0. The maximum Gasteiger partial charge on any atom is 0.489 e. The van der Waals surface area contributed by atoms with Crippen molar-refractivity contribution in [1.82, 2.24) is 0 Å². The molecule has 1 aromatic rings. The highest BCUT2D eigenvalue weighted by atomic mass is 19.4. The highest BCUT2D eigenvalue weighted by Gasteiger charge is 2.52. The fraction of sp³-hybridized carbons (Fsp3) is 0.333. The minimum absolute atomic E-state index is 0.0639. The zero-order valence-electron chi connectivity index (χ0n) is 9.53. The van der Waals surface area contributed by atoms with Crippen molar-refractivity contribution in [1.29, 1.82) is 0 Å². The summed E-state index contributed by atoms with van der Waals surface area (Å²) in [5.74, 6) is 0. The predicted molar refractivity (Wildman–Crippen MR) is 51.3 cm³/mol. The van der Waals surface area contributed by atoms with Gasteiger partial charge in [-0.2, -0.15) is 39.5 Å². The van der Waals surface area contributed by atoms with Crippen LogP contribution in [0, 0.1) is 0 Å². The lowest BCUT2D eigenvalue weighted by Gasteiger charge is -2.23. The van der Waals surface area contributed by atoms with Crippen LogP contribution in [0.2, 0.25) is 0 Å². The second-order valence-corrected chi connectivity index (χ2v) is 3.82. The Morgan fingerprint density at radius 1 is 0.667 bits per heavy atom. The van der Waals surface area contributed by atoms with Crippen molar-refractivity contribution >= 4 is 12.6 Å². The fourth-order valence-electron chi connectivity index (χ4n) is 1.67. The van der Waals surface area contributed by atoms with Crippen LogP contribution in [0.1, 0.15) is 16.7 Å². The molecule has 0 radical (unpaired) electrons. The normalized spacial score (nSPS) is 13.5. The molecule has 2 nitrogen and oxygen atoms in total. The quantitative estimate of drug-likeness (QED) is 0.615. The zero-order valence-corrected chi connectivity index (χ0v) is 9.53. The van der Waals surface area contributed by atoms with Crippen molar-refractivity contribution in [2.24, 2.45) is 0 Å². The first kappa shape index (κ1) is 17.6. The van der Waals surface area contributed by atoms with Gasteiger partial charge in [-0.25, -0.2) is 0 Å². The van der Waals surface area contributed by atoms with Crippen molar-refractivity contribution < 1.29 is 49.6 Å². The second-order valence-electron chi connectivity index (χ2n) is 3.82. The summed E-state index contributed by atoms with van der Waals surface area (Å²) in [6.07, 6.45) is -17.6. The van der Waals surface area contributed by atoms with Gasteiger partial charge in [0.1, 0.15) is 0 Å². The smallest absolute Gasteiger partial charge is 0.423 e. The van der Waals surface area contributed by atoms with E-state index >= 15 is 0 Å². The summed E-state index contributed by atoms with van der Waals surface area (Å²) in [5.41, 5.74) is -10.1. The third-order valence-corrected chi connectivity index (χ3v) is 2.39. The maximum atomic E-state index is 12.7. The first-order valence-electron chi connectivity index (χ1n) is 4.92. The van der Waals surface area contributed by atoms with Gasteiger partial charge in [0, 0.05) is 0 Å². The van der Waals surface area contributed by atoms with Crippen LogP contribution in [0.3, 0.4) is 0 Å². The molecule has 0 aromatic heterocycles. The standard InChI is InChI=1S/C9H4BF9O2/c11-7(12,13)3-1-2-4(10(20)21)6(9(17,18)19)5(3)8(14,15)16/h1-2,20-21H. The Labute approximate surface area is 110 Å².